The van der Waals surface area contributed by atoms with Gasteiger partial charge in [-0.1, -0.05) is 11.6 Å². The average Bonchev–Trinajstić information content (AvgIpc) is 2.98. The molecule has 2 rings (SSSR count). The van der Waals surface area contributed by atoms with Crippen LogP contribution in [-0.4, -0.2) is 27.8 Å². The molecule has 0 aliphatic rings. The van der Waals surface area contributed by atoms with Crippen LogP contribution in [0.5, 0.6) is 5.75 Å². The van der Waals surface area contributed by atoms with Crippen molar-refractivity contribution in [3.63, 3.8) is 0 Å². The van der Waals surface area contributed by atoms with Gasteiger partial charge in [0.15, 0.2) is 11.3 Å². The van der Waals surface area contributed by atoms with Crippen LogP contribution in [0.15, 0.2) is 36.5 Å². The fourth-order valence-electron chi connectivity index (χ4n) is 1.98. The molecule has 0 atom stereocenters. The van der Waals surface area contributed by atoms with Crippen molar-refractivity contribution in [2.75, 3.05) is 6.54 Å². The average molecular weight is 376 g/mol. The van der Waals surface area contributed by atoms with E-state index in [2.05, 4.69) is 10.4 Å². The number of nitrogens with one attached hydrogen (secondary N) is 1. The fourth-order valence-corrected chi connectivity index (χ4v) is 2.10. The molecule has 0 fully saturated rings. The summed E-state index contributed by atoms with van der Waals surface area (Å²) in [4.78, 5) is 12.2. The largest absolute Gasteiger partial charge is 0.478 e. The van der Waals surface area contributed by atoms with Crippen LogP contribution < -0.4 is 10.1 Å². The van der Waals surface area contributed by atoms with Crippen molar-refractivity contribution in [2.45, 2.75) is 32.2 Å². The molecular weight excluding hydrogens is 359 g/mol. The van der Waals surface area contributed by atoms with E-state index in [1.54, 1.807) is 38.1 Å². The number of ether oxygens (including phenoxy) is 1. The predicted molar refractivity (Wildman–Crippen MR) is 86.4 cm³/mol. The molecule has 0 spiro atoms. The minimum Gasteiger partial charge on any atom is -0.478 e. The summed E-state index contributed by atoms with van der Waals surface area (Å²) >= 11 is 5.79. The van der Waals surface area contributed by atoms with E-state index >= 15 is 0 Å². The molecule has 0 aliphatic carbocycles. The van der Waals surface area contributed by atoms with Crippen LogP contribution >= 0.6 is 11.6 Å². The first-order valence-electron chi connectivity index (χ1n) is 7.41. The van der Waals surface area contributed by atoms with Crippen molar-refractivity contribution in [2.24, 2.45) is 0 Å². The number of alkyl halides is 3. The van der Waals surface area contributed by atoms with Gasteiger partial charge in [-0.2, -0.15) is 18.3 Å². The molecule has 2 aromatic rings. The molecular formula is C16H17ClF3N3O2. The smallest absolute Gasteiger partial charge is 0.435 e. The zero-order valence-electron chi connectivity index (χ0n) is 13.6. The topological polar surface area (TPSA) is 56.1 Å². The number of rotatable bonds is 6. The van der Waals surface area contributed by atoms with Gasteiger partial charge in [-0.15, -0.1) is 0 Å². The van der Waals surface area contributed by atoms with E-state index in [1.807, 2.05) is 0 Å². The van der Waals surface area contributed by atoms with Gasteiger partial charge in [0.2, 0.25) is 0 Å². The van der Waals surface area contributed by atoms with Crippen molar-refractivity contribution >= 4 is 17.5 Å². The van der Waals surface area contributed by atoms with Crippen molar-refractivity contribution in [1.82, 2.24) is 15.1 Å². The molecule has 1 heterocycles. The molecule has 0 aliphatic heterocycles. The molecule has 1 amide bonds. The predicted octanol–water partition coefficient (Wildman–Crippen LogP) is 3.53. The second-order valence-electron chi connectivity index (χ2n) is 5.78. The van der Waals surface area contributed by atoms with Crippen LogP contribution in [0, 0.1) is 0 Å². The first kappa shape index (κ1) is 19.1. The Hall–Kier alpha value is -2.22. The highest BCUT2D eigenvalue weighted by Crippen LogP contribution is 2.27. The van der Waals surface area contributed by atoms with Crippen LogP contribution in [0.25, 0.3) is 0 Å². The number of benzene rings is 1. The second kappa shape index (κ2) is 7.35. The van der Waals surface area contributed by atoms with Crippen molar-refractivity contribution < 1.29 is 22.7 Å². The molecule has 1 aromatic heterocycles. The van der Waals surface area contributed by atoms with E-state index in [1.165, 1.54) is 6.20 Å². The maximum Gasteiger partial charge on any atom is 0.435 e. The summed E-state index contributed by atoms with van der Waals surface area (Å²) in [5.41, 5.74) is -2.13. The first-order chi connectivity index (χ1) is 11.6. The summed E-state index contributed by atoms with van der Waals surface area (Å²) < 4.78 is 44.2. The lowest BCUT2D eigenvalue weighted by atomic mass is 10.1. The van der Waals surface area contributed by atoms with Crippen LogP contribution in [0.3, 0.4) is 0 Å². The number of aromatic nitrogens is 2. The maximum absolute atomic E-state index is 12.5. The van der Waals surface area contributed by atoms with Gasteiger partial charge in [0.25, 0.3) is 5.91 Å². The standard InChI is InChI=1S/C16H17ClF3N3O2/c1-15(2,25-12-5-3-11(17)4-6-12)14(24)21-8-10-23-9-7-13(22-23)16(18,19)20/h3-7,9H,8,10H2,1-2H3,(H,21,24). The van der Waals surface area contributed by atoms with Crippen LogP contribution in [0.4, 0.5) is 13.2 Å². The minimum atomic E-state index is -4.48. The highest BCUT2D eigenvalue weighted by atomic mass is 35.5. The monoisotopic (exact) mass is 375 g/mol. The first-order valence-corrected chi connectivity index (χ1v) is 7.79. The van der Waals surface area contributed by atoms with Gasteiger partial charge >= 0.3 is 6.18 Å². The number of carbonyl (C=O) groups is 1. The van der Waals surface area contributed by atoms with Crippen molar-refractivity contribution in [3.05, 3.63) is 47.2 Å². The van der Waals surface area contributed by atoms with E-state index in [-0.39, 0.29) is 13.1 Å². The van der Waals surface area contributed by atoms with Gasteiger partial charge in [0, 0.05) is 17.8 Å². The normalized spacial score (nSPS) is 12.1. The quantitative estimate of drug-likeness (QED) is 0.840. The van der Waals surface area contributed by atoms with E-state index in [9.17, 15) is 18.0 Å². The number of halogens is 4. The Labute approximate surface area is 147 Å². The third kappa shape index (κ3) is 5.38. The van der Waals surface area contributed by atoms with Crippen LogP contribution in [-0.2, 0) is 17.5 Å². The zero-order chi connectivity index (χ0) is 18.7. The van der Waals surface area contributed by atoms with Crippen molar-refractivity contribution in [3.8, 4) is 5.75 Å². The second-order valence-corrected chi connectivity index (χ2v) is 6.22. The molecule has 136 valence electrons. The third-order valence-electron chi connectivity index (χ3n) is 3.29. The summed E-state index contributed by atoms with van der Waals surface area (Å²) in [5.74, 6) is 0.0806. The van der Waals surface area contributed by atoms with Crippen molar-refractivity contribution in [1.29, 1.82) is 0 Å². The zero-order valence-corrected chi connectivity index (χ0v) is 14.4. The molecule has 0 saturated heterocycles. The van der Waals surface area contributed by atoms with Crippen LogP contribution in [0.1, 0.15) is 19.5 Å². The molecule has 1 aromatic carbocycles. The highest BCUT2D eigenvalue weighted by Gasteiger charge is 2.33. The lowest BCUT2D eigenvalue weighted by Gasteiger charge is -2.25. The molecule has 0 unspecified atom stereocenters. The number of amides is 1. The molecule has 0 radical (unpaired) electrons. The van der Waals surface area contributed by atoms with Gasteiger partial charge in [-0.05, 0) is 44.2 Å². The number of hydrogen-bond acceptors (Lipinski definition) is 3. The molecule has 0 bridgehead atoms. The van der Waals surface area contributed by atoms with Crippen LogP contribution in [0.2, 0.25) is 5.02 Å². The van der Waals surface area contributed by atoms with Gasteiger partial charge < -0.3 is 10.1 Å². The maximum atomic E-state index is 12.5. The summed E-state index contributed by atoms with van der Waals surface area (Å²) in [6, 6.07) is 7.44. The van der Waals surface area contributed by atoms with E-state index in [0.717, 1.165) is 10.7 Å². The number of hydrogen-bond donors (Lipinski definition) is 1. The van der Waals surface area contributed by atoms with Gasteiger partial charge in [-0.25, -0.2) is 0 Å². The number of nitrogens with zero attached hydrogens (tertiary/aromatic N) is 2. The van der Waals surface area contributed by atoms with E-state index < -0.39 is 23.4 Å². The molecule has 0 saturated carbocycles. The summed E-state index contributed by atoms with van der Waals surface area (Å²) in [6.07, 6.45) is -3.27. The Balaban J connectivity index is 1.86. The molecule has 5 nitrogen and oxygen atoms in total. The van der Waals surface area contributed by atoms with E-state index in [0.29, 0.717) is 10.8 Å². The Morgan fingerprint density at radius 3 is 2.44 bits per heavy atom. The molecule has 9 heteroatoms. The lowest BCUT2D eigenvalue weighted by Crippen LogP contribution is -2.47. The third-order valence-corrected chi connectivity index (χ3v) is 3.54. The van der Waals surface area contributed by atoms with E-state index in [4.69, 9.17) is 16.3 Å². The Bertz CT molecular complexity index is 727. The Morgan fingerprint density at radius 2 is 1.88 bits per heavy atom. The minimum absolute atomic E-state index is 0.110. The SMILES string of the molecule is CC(C)(Oc1ccc(Cl)cc1)C(=O)NCCn1ccc(C(F)(F)F)n1. The van der Waals surface area contributed by atoms with Gasteiger partial charge in [-0.3, -0.25) is 9.48 Å². The Morgan fingerprint density at radius 1 is 1.24 bits per heavy atom. The lowest BCUT2D eigenvalue weighted by molar-refractivity contribution is -0.141. The van der Waals surface area contributed by atoms with Gasteiger partial charge in [0.1, 0.15) is 5.75 Å². The Kier molecular flexibility index (Phi) is 5.62. The molecule has 1 N–H and O–H groups in total. The highest BCUT2D eigenvalue weighted by molar-refractivity contribution is 6.30. The molecule has 25 heavy (non-hydrogen) atoms. The fraction of sp³-hybridized carbons (Fsp3) is 0.375. The summed E-state index contributed by atoms with van der Waals surface area (Å²) in [6.45, 7) is 3.41. The summed E-state index contributed by atoms with van der Waals surface area (Å²) in [5, 5.41) is 6.58. The number of carbonyl (C=O) groups excluding carboxylic acids is 1. The summed E-state index contributed by atoms with van der Waals surface area (Å²) in [7, 11) is 0. The van der Waals surface area contributed by atoms with Gasteiger partial charge in [0.05, 0.1) is 6.54 Å².